The highest BCUT2D eigenvalue weighted by atomic mass is 16.5. The second-order valence-corrected chi connectivity index (χ2v) is 7.05. The fourth-order valence-corrected chi connectivity index (χ4v) is 2.73. The van der Waals surface area contributed by atoms with Crippen molar-refractivity contribution >= 4 is 23.2 Å². The zero-order valence-corrected chi connectivity index (χ0v) is 16.5. The average molecular weight is 392 g/mol. The first-order chi connectivity index (χ1) is 14.0. The number of ether oxygens (including phenoxy) is 1. The molecule has 0 aliphatic carbocycles. The third kappa shape index (κ3) is 5.97. The number of para-hydroxylation sites is 1. The van der Waals surface area contributed by atoms with Crippen LogP contribution in [0.25, 0.3) is 0 Å². The predicted octanol–water partition coefficient (Wildman–Crippen LogP) is 5.10. The van der Waals surface area contributed by atoms with Gasteiger partial charge in [-0.15, -0.1) is 0 Å². The average Bonchev–Trinajstić information content (AvgIpc) is 3.17. The molecule has 29 heavy (non-hydrogen) atoms. The number of rotatable bonds is 8. The highest BCUT2D eigenvalue weighted by molar-refractivity contribution is 6.03. The summed E-state index contributed by atoms with van der Waals surface area (Å²) in [5.74, 6) is 0.820. The fourth-order valence-electron chi connectivity index (χ4n) is 2.73. The molecular weight excluding hydrogens is 368 g/mol. The molecular formula is C23H24N2O4. The van der Waals surface area contributed by atoms with Crippen molar-refractivity contribution in [3.8, 4) is 5.75 Å². The molecule has 6 nitrogen and oxygen atoms in total. The van der Waals surface area contributed by atoms with Crippen molar-refractivity contribution in [2.24, 2.45) is 5.92 Å². The molecule has 0 unspecified atom stereocenters. The topological polar surface area (TPSA) is 80.6 Å². The van der Waals surface area contributed by atoms with E-state index in [9.17, 15) is 9.59 Å². The van der Waals surface area contributed by atoms with E-state index >= 15 is 0 Å². The Balaban J connectivity index is 1.58. The van der Waals surface area contributed by atoms with E-state index in [1.54, 1.807) is 30.3 Å². The van der Waals surface area contributed by atoms with Gasteiger partial charge in [0.05, 0.1) is 6.26 Å². The zero-order chi connectivity index (χ0) is 20.6. The van der Waals surface area contributed by atoms with Crippen LogP contribution in [0.3, 0.4) is 0 Å². The number of hydrogen-bond acceptors (Lipinski definition) is 4. The Morgan fingerprint density at radius 3 is 2.24 bits per heavy atom. The highest BCUT2D eigenvalue weighted by Gasteiger charge is 2.16. The molecule has 2 amide bonds. The van der Waals surface area contributed by atoms with Gasteiger partial charge in [-0.2, -0.15) is 0 Å². The number of carbonyl (C=O) groups is 2. The van der Waals surface area contributed by atoms with Crippen molar-refractivity contribution < 1.29 is 18.7 Å². The van der Waals surface area contributed by atoms with Crippen LogP contribution in [-0.2, 0) is 11.4 Å². The normalized spacial score (nSPS) is 10.6. The molecule has 0 bridgehead atoms. The number of benzene rings is 2. The van der Waals surface area contributed by atoms with E-state index in [0.717, 1.165) is 5.75 Å². The van der Waals surface area contributed by atoms with Gasteiger partial charge in [-0.3, -0.25) is 9.59 Å². The number of carbonyl (C=O) groups excluding carboxylic acids is 2. The molecule has 2 N–H and O–H groups in total. The Bertz CT molecular complexity index is 947. The van der Waals surface area contributed by atoms with Crippen molar-refractivity contribution in [3.63, 3.8) is 0 Å². The summed E-state index contributed by atoms with van der Waals surface area (Å²) < 4.78 is 11.0. The minimum Gasteiger partial charge on any atom is -0.489 e. The van der Waals surface area contributed by atoms with Gasteiger partial charge in [0.1, 0.15) is 12.4 Å². The first-order valence-electron chi connectivity index (χ1n) is 9.46. The number of amides is 2. The molecule has 0 aliphatic rings. The number of anilines is 2. The smallest absolute Gasteiger partial charge is 0.291 e. The Morgan fingerprint density at radius 2 is 1.59 bits per heavy atom. The van der Waals surface area contributed by atoms with E-state index in [0.29, 0.717) is 29.3 Å². The molecule has 6 heteroatoms. The van der Waals surface area contributed by atoms with Crippen LogP contribution in [0, 0.1) is 5.92 Å². The van der Waals surface area contributed by atoms with Crippen molar-refractivity contribution in [1.29, 1.82) is 0 Å². The van der Waals surface area contributed by atoms with Crippen LogP contribution in [0.5, 0.6) is 5.75 Å². The molecule has 2 aromatic carbocycles. The maximum atomic E-state index is 12.6. The van der Waals surface area contributed by atoms with E-state index in [2.05, 4.69) is 10.6 Å². The van der Waals surface area contributed by atoms with Crippen LogP contribution < -0.4 is 15.4 Å². The van der Waals surface area contributed by atoms with E-state index < -0.39 is 0 Å². The molecule has 0 spiro atoms. The lowest BCUT2D eigenvalue weighted by Crippen LogP contribution is -2.15. The molecule has 1 heterocycles. The summed E-state index contributed by atoms with van der Waals surface area (Å²) >= 11 is 0. The SMILES string of the molecule is CC(C)CC(=O)Nc1ccc(NC(=O)c2occc2COc2ccccc2)cc1. The van der Waals surface area contributed by atoms with Gasteiger partial charge in [-0.25, -0.2) is 0 Å². The fraction of sp³-hybridized carbons (Fsp3) is 0.217. The number of nitrogens with one attached hydrogen (secondary N) is 2. The Kier molecular flexibility index (Phi) is 6.68. The van der Waals surface area contributed by atoms with Crippen LogP contribution in [0.4, 0.5) is 11.4 Å². The van der Waals surface area contributed by atoms with Gasteiger partial charge in [0.25, 0.3) is 5.91 Å². The van der Waals surface area contributed by atoms with Crippen molar-refractivity contribution in [3.05, 3.63) is 78.3 Å². The lowest BCUT2D eigenvalue weighted by molar-refractivity contribution is -0.116. The van der Waals surface area contributed by atoms with Gasteiger partial charge in [-0.05, 0) is 48.4 Å². The van der Waals surface area contributed by atoms with Crippen molar-refractivity contribution in [2.45, 2.75) is 26.9 Å². The van der Waals surface area contributed by atoms with Crippen LogP contribution >= 0.6 is 0 Å². The highest BCUT2D eigenvalue weighted by Crippen LogP contribution is 2.19. The minimum absolute atomic E-state index is 0.0320. The van der Waals surface area contributed by atoms with Crippen LogP contribution in [-0.4, -0.2) is 11.8 Å². The van der Waals surface area contributed by atoms with Gasteiger partial charge in [0.2, 0.25) is 5.91 Å². The summed E-state index contributed by atoms with van der Waals surface area (Å²) in [6.45, 7) is 4.21. The molecule has 150 valence electrons. The van der Waals surface area contributed by atoms with E-state index in [1.165, 1.54) is 6.26 Å². The summed E-state index contributed by atoms with van der Waals surface area (Å²) in [6.07, 6.45) is 1.93. The summed E-state index contributed by atoms with van der Waals surface area (Å²) in [6, 6.07) is 18.0. The maximum absolute atomic E-state index is 12.6. The van der Waals surface area contributed by atoms with Crippen LogP contribution in [0.1, 0.15) is 36.4 Å². The van der Waals surface area contributed by atoms with Gasteiger partial charge in [0, 0.05) is 23.4 Å². The summed E-state index contributed by atoms with van der Waals surface area (Å²) in [5, 5.41) is 5.63. The molecule has 0 fully saturated rings. The molecule has 3 aromatic rings. The van der Waals surface area contributed by atoms with Crippen molar-refractivity contribution in [1.82, 2.24) is 0 Å². The molecule has 0 radical (unpaired) electrons. The van der Waals surface area contributed by atoms with E-state index in [4.69, 9.17) is 9.15 Å². The first kappa shape index (κ1) is 20.2. The van der Waals surface area contributed by atoms with Crippen molar-refractivity contribution in [2.75, 3.05) is 10.6 Å². The standard InChI is InChI=1S/C23H24N2O4/c1-16(2)14-21(26)24-18-8-10-19(11-9-18)25-23(27)22-17(12-13-28-22)15-29-20-6-4-3-5-7-20/h3-13,16H,14-15H2,1-2H3,(H,24,26)(H,25,27). The molecule has 0 atom stereocenters. The number of hydrogen-bond donors (Lipinski definition) is 2. The van der Waals surface area contributed by atoms with Gasteiger partial charge in [0.15, 0.2) is 5.76 Å². The summed E-state index contributed by atoms with van der Waals surface area (Å²) in [7, 11) is 0. The summed E-state index contributed by atoms with van der Waals surface area (Å²) in [5.41, 5.74) is 1.94. The van der Waals surface area contributed by atoms with E-state index in [1.807, 2.05) is 44.2 Å². The lowest BCUT2D eigenvalue weighted by Gasteiger charge is -2.09. The maximum Gasteiger partial charge on any atom is 0.291 e. The number of furan rings is 1. The molecule has 0 saturated heterocycles. The summed E-state index contributed by atoms with van der Waals surface area (Å²) in [4.78, 5) is 24.4. The molecule has 1 aromatic heterocycles. The van der Waals surface area contributed by atoms with Crippen LogP contribution in [0.2, 0.25) is 0 Å². The van der Waals surface area contributed by atoms with Gasteiger partial charge < -0.3 is 19.8 Å². The Hall–Kier alpha value is -3.54. The van der Waals surface area contributed by atoms with Gasteiger partial charge in [-0.1, -0.05) is 32.0 Å². The predicted molar refractivity (Wildman–Crippen MR) is 112 cm³/mol. The quantitative estimate of drug-likeness (QED) is 0.559. The Morgan fingerprint density at radius 1 is 0.931 bits per heavy atom. The third-order valence-electron chi connectivity index (χ3n) is 4.11. The molecule has 3 rings (SSSR count). The minimum atomic E-state index is -0.363. The first-order valence-corrected chi connectivity index (χ1v) is 9.46. The largest absolute Gasteiger partial charge is 0.489 e. The van der Waals surface area contributed by atoms with Gasteiger partial charge >= 0.3 is 0 Å². The zero-order valence-electron chi connectivity index (χ0n) is 16.5. The monoisotopic (exact) mass is 392 g/mol. The Labute approximate surface area is 169 Å². The molecule has 0 aliphatic heterocycles. The lowest BCUT2D eigenvalue weighted by atomic mass is 10.1. The van der Waals surface area contributed by atoms with E-state index in [-0.39, 0.29) is 24.2 Å². The third-order valence-corrected chi connectivity index (χ3v) is 4.11. The second kappa shape index (κ2) is 9.59. The molecule has 0 saturated carbocycles. The van der Waals surface area contributed by atoms with Crippen LogP contribution in [0.15, 0.2) is 71.3 Å². The second-order valence-electron chi connectivity index (χ2n) is 7.05.